The molecule has 0 rings (SSSR count). The zero-order valence-corrected chi connectivity index (χ0v) is 13.8. The molecule has 0 amide bonds. The predicted molar refractivity (Wildman–Crippen MR) is 79.0 cm³/mol. The maximum absolute atomic E-state index is 5.68. The largest absolute Gasteiger partial charge is 0.319 e. The van der Waals surface area contributed by atoms with E-state index in [2.05, 4.69) is 0 Å². The Morgan fingerprint density at radius 3 is 2.00 bits per heavy atom. The minimum absolute atomic E-state index is 0.0486. The summed E-state index contributed by atoms with van der Waals surface area (Å²) in [4.78, 5) is 0. The molecule has 0 unspecified atom stereocenters. The highest BCUT2D eigenvalue weighted by Gasteiger charge is 2.22. The zero-order chi connectivity index (χ0) is 12.8. The van der Waals surface area contributed by atoms with E-state index in [1.807, 2.05) is 27.7 Å². The lowest BCUT2D eigenvalue weighted by Crippen LogP contribution is -2.05. The summed E-state index contributed by atoms with van der Waals surface area (Å²) in [6.07, 6.45) is 1.78. The van der Waals surface area contributed by atoms with Crippen LogP contribution in [-0.4, -0.2) is 18.0 Å². The molecule has 0 atom stereocenters. The molecular formula is C9H17Cl2O2PS2. The second-order valence-corrected chi connectivity index (χ2v) is 10.8. The van der Waals surface area contributed by atoms with Gasteiger partial charge in [0.25, 0.3) is 0 Å². The molecule has 0 aromatic carbocycles. The van der Waals surface area contributed by atoms with Crippen molar-refractivity contribution >= 4 is 52.1 Å². The third kappa shape index (κ3) is 9.29. The monoisotopic (exact) mass is 322 g/mol. The summed E-state index contributed by atoms with van der Waals surface area (Å²) in [6, 6.07) is 0. The van der Waals surface area contributed by atoms with E-state index in [-0.39, 0.29) is 16.7 Å². The van der Waals surface area contributed by atoms with Crippen LogP contribution in [0.1, 0.15) is 27.7 Å². The molecule has 0 aromatic heterocycles. The summed E-state index contributed by atoms with van der Waals surface area (Å²) in [7, 11) is 0. The van der Waals surface area contributed by atoms with Crippen molar-refractivity contribution < 1.29 is 9.05 Å². The second kappa shape index (κ2) is 8.36. The molecule has 0 saturated heterocycles. The van der Waals surface area contributed by atoms with Crippen molar-refractivity contribution in [1.82, 2.24) is 0 Å². The fraction of sp³-hybridized carbons (Fsp3) is 0.778. The number of hydrogen-bond donors (Lipinski definition) is 0. The van der Waals surface area contributed by atoms with Gasteiger partial charge in [-0.25, -0.2) is 0 Å². The van der Waals surface area contributed by atoms with E-state index in [1.54, 1.807) is 6.08 Å². The van der Waals surface area contributed by atoms with E-state index < -0.39 is 5.69 Å². The Hall–Kier alpha value is 1.24. The summed E-state index contributed by atoms with van der Waals surface area (Å²) < 4.78 is 11.6. The summed E-state index contributed by atoms with van der Waals surface area (Å²) in [5.74, 6) is 0.596. The average Bonchev–Trinajstić information content (AvgIpc) is 1.98. The molecule has 0 heterocycles. The van der Waals surface area contributed by atoms with E-state index >= 15 is 0 Å². The third-order valence-electron chi connectivity index (χ3n) is 1.15. The molecule has 7 heteroatoms. The maximum atomic E-state index is 5.68. The molecule has 0 fully saturated rings. The van der Waals surface area contributed by atoms with E-state index in [0.29, 0.717) is 5.75 Å². The van der Waals surface area contributed by atoms with Crippen LogP contribution in [0.5, 0.6) is 0 Å². The number of hydrogen-bond acceptors (Lipinski definition) is 4. The van der Waals surface area contributed by atoms with Gasteiger partial charge < -0.3 is 9.05 Å². The van der Waals surface area contributed by atoms with E-state index in [9.17, 15) is 0 Å². The highest BCUT2D eigenvalue weighted by atomic mass is 35.5. The summed E-state index contributed by atoms with van der Waals surface area (Å²) in [6.45, 7) is 7.76. The first kappa shape index (κ1) is 17.2. The Morgan fingerprint density at radius 2 is 1.69 bits per heavy atom. The van der Waals surface area contributed by atoms with Crippen LogP contribution in [-0.2, 0) is 20.9 Å². The Balaban J connectivity index is 4.42. The number of halogens is 2. The van der Waals surface area contributed by atoms with Crippen LogP contribution in [0.2, 0.25) is 0 Å². The SMILES string of the molecule is CC(C)OP(=S)(OC(C)C)SCC=C(Cl)Cl. The van der Waals surface area contributed by atoms with Crippen molar-refractivity contribution in [1.29, 1.82) is 0 Å². The second-order valence-electron chi connectivity index (χ2n) is 3.55. The van der Waals surface area contributed by atoms with Gasteiger partial charge in [0.2, 0.25) is 5.69 Å². The molecule has 0 bridgehead atoms. The molecule has 0 aliphatic rings. The van der Waals surface area contributed by atoms with E-state index in [0.717, 1.165) is 0 Å². The van der Waals surface area contributed by atoms with Gasteiger partial charge in [0.1, 0.15) is 4.49 Å². The van der Waals surface area contributed by atoms with Crippen molar-refractivity contribution in [3.05, 3.63) is 10.6 Å². The Kier molecular flexibility index (Phi) is 9.01. The van der Waals surface area contributed by atoms with Crippen LogP contribution in [0.4, 0.5) is 0 Å². The molecule has 0 aromatic rings. The van der Waals surface area contributed by atoms with Gasteiger partial charge in [0.05, 0.1) is 12.2 Å². The van der Waals surface area contributed by atoms with Crippen LogP contribution < -0.4 is 0 Å². The summed E-state index contributed by atoms with van der Waals surface area (Å²) in [5, 5.41) is 0. The number of rotatable bonds is 7. The first-order chi connectivity index (χ1) is 7.25. The van der Waals surface area contributed by atoms with Gasteiger partial charge >= 0.3 is 0 Å². The molecule has 2 nitrogen and oxygen atoms in total. The third-order valence-corrected chi connectivity index (χ3v) is 6.83. The standard InChI is InChI=1S/C9H17Cl2O2PS2/c1-7(2)12-14(15,13-8(3)4)16-6-5-9(10)11/h5,7-8H,6H2,1-4H3. The predicted octanol–water partition coefficient (Wildman–Crippen LogP) is 5.11. The van der Waals surface area contributed by atoms with E-state index in [1.165, 1.54) is 11.4 Å². The normalized spacial score (nSPS) is 12.2. The van der Waals surface area contributed by atoms with Gasteiger partial charge in [0.15, 0.2) is 0 Å². The van der Waals surface area contributed by atoms with Crippen molar-refractivity contribution in [3.8, 4) is 0 Å². The fourth-order valence-corrected chi connectivity index (χ4v) is 6.51. The van der Waals surface area contributed by atoms with Gasteiger partial charge in [-0.1, -0.05) is 34.6 Å². The quantitative estimate of drug-likeness (QED) is 0.606. The highest BCUT2D eigenvalue weighted by Crippen LogP contribution is 2.62. The molecule has 0 aliphatic heterocycles. The van der Waals surface area contributed by atoms with Gasteiger partial charge in [-0.2, -0.15) is 0 Å². The average molecular weight is 323 g/mol. The molecule has 0 aliphatic carbocycles. The molecule has 0 radical (unpaired) electrons. The Morgan fingerprint density at radius 1 is 1.25 bits per heavy atom. The molecule has 0 spiro atoms. The Bertz CT molecular complexity index is 265. The first-order valence-corrected chi connectivity index (χ1v) is 9.86. The molecule has 96 valence electrons. The smallest absolute Gasteiger partial charge is 0.248 e. The lowest BCUT2D eigenvalue weighted by Gasteiger charge is -2.25. The Labute approximate surface area is 117 Å². The van der Waals surface area contributed by atoms with Crippen LogP contribution in [0.15, 0.2) is 10.6 Å². The van der Waals surface area contributed by atoms with Crippen molar-refractivity contribution in [2.45, 2.75) is 39.9 Å². The van der Waals surface area contributed by atoms with Crippen LogP contribution in [0.3, 0.4) is 0 Å². The van der Waals surface area contributed by atoms with Crippen LogP contribution in [0, 0.1) is 0 Å². The molecule has 0 N–H and O–H groups in total. The highest BCUT2D eigenvalue weighted by molar-refractivity contribution is 8.67. The molecule has 0 saturated carbocycles. The van der Waals surface area contributed by atoms with Gasteiger partial charge in [-0.3, -0.25) is 0 Å². The minimum atomic E-state index is -2.30. The van der Waals surface area contributed by atoms with E-state index in [4.69, 9.17) is 44.1 Å². The topological polar surface area (TPSA) is 18.5 Å². The van der Waals surface area contributed by atoms with Gasteiger partial charge in [-0.05, 0) is 45.6 Å². The lowest BCUT2D eigenvalue weighted by molar-refractivity contribution is 0.186. The summed E-state index contributed by atoms with van der Waals surface area (Å²) >= 11 is 17.9. The maximum Gasteiger partial charge on any atom is 0.248 e. The van der Waals surface area contributed by atoms with Crippen LogP contribution >= 0.6 is 40.3 Å². The van der Waals surface area contributed by atoms with Crippen molar-refractivity contribution in [2.75, 3.05) is 5.75 Å². The lowest BCUT2D eigenvalue weighted by atomic mass is 10.5. The minimum Gasteiger partial charge on any atom is -0.319 e. The van der Waals surface area contributed by atoms with Gasteiger partial charge in [-0.15, -0.1) is 0 Å². The van der Waals surface area contributed by atoms with Crippen molar-refractivity contribution in [2.24, 2.45) is 0 Å². The van der Waals surface area contributed by atoms with Crippen molar-refractivity contribution in [3.63, 3.8) is 0 Å². The fourth-order valence-electron chi connectivity index (χ4n) is 0.794. The van der Waals surface area contributed by atoms with Gasteiger partial charge in [0, 0.05) is 5.75 Å². The molecular weight excluding hydrogens is 306 g/mol. The zero-order valence-electron chi connectivity index (χ0n) is 9.78. The summed E-state index contributed by atoms with van der Waals surface area (Å²) in [5.41, 5.74) is -2.30. The van der Waals surface area contributed by atoms with Crippen LogP contribution in [0.25, 0.3) is 0 Å². The molecule has 16 heavy (non-hydrogen) atoms. The first-order valence-electron chi connectivity index (χ1n) is 4.87.